The normalized spacial score (nSPS) is 15.1. The van der Waals surface area contributed by atoms with Crippen LogP contribution in [0, 0.1) is 0 Å². The number of ether oxygens (including phenoxy) is 1. The maximum atomic E-state index is 11.2. The second kappa shape index (κ2) is 6.86. The van der Waals surface area contributed by atoms with Gasteiger partial charge in [0.1, 0.15) is 6.10 Å². The molecule has 13 heavy (non-hydrogen) atoms. The third kappa shape index (κ3) is 5.60. The van der Waals surface area contributed by atoms with Gasteiger partial charge in [0, 0.05) is 13.1 Å². The third-order valence-corrected chi connectivity index (χ3v) is 1.65. The summed E-state index contributed by atoms with van der Waals surface area (Å²) in [6, 6.07) is 0. The van der Waals surface area contributed by atoms with Crippen molar-refractivity contribution in [2.75, 3.05) is 20.1 Å². The standard InChI is InChI=1S/C9H20N2O2/c1-5-11-9(12)8(3)13-7(2)6-10-4/h7-8,10H,5-6H2,1-4H3,(H,11,12). The minimum absolute atomic E-state index is 0.0505. The van der Waals surface area contributed by atoms with E-state index < -0.39 is 0 Å². The molecule has 78 valence electrons. The molecule has 0 aliphatic heterocycles. The predicted octanol–water partition coefficient (Wildman–Crippen LogP) is 0.136. The van der Waals surface area contributed by atoms with Crippen LogP contribution in [0.3, 0.4) is 0 Å². The van der Waals surface area contributed by atoms with Crippen molar-refractivity contribution >= 4 is 5.91 Å². The Morgan fingerprint density at radius 1 is 1.46 bits per heavy atom. The molecule has 2 N–H and O–H groups in total. The molecular formula is C9H20N2O2. The topological polar surface area (TPSA) is 50.4 Å². The van der Waals surface area contributed by atoms with Gasteiger partial charge in [-0.05, 0) is 27.8 Å². The smallest absolute Gasteiger partial charge is 0.248 e. The van der Waals surface area contributed by atoms with Crippen molar-refractivity contribution in [1.29, 1.82) is 0 Å². The average molecular weight is 188 g/mol. The van der Waals surface area contributed by atoms with Crippen LogP contribution >= 0.6 is 0 Å². The molecule has 0 spiro atoms. The fourth-order valence-corrected chi connectivity index (χ4v) is 1.06. The van der Waals surface area contributed by atoms with Gasteiger partial charge in [-0.2, -0.15) is 0 Å². The second-order valence-electron chi connectivity index (χ2n) is 3.04. The van der Waals surface area contributed by atoms with Crippen LogP contribution in [-0.2, 0) is 9.53 Å². The van der Waals surface area contributed by atoms with Crippen molar-refractivity contribution in [1.82, 2.24) is 10.6 Å². The summed E-state index contributed by atoms with van der Waals surface area (Å²) in [6.07, 6.45) is -0.314. The lowest BCUT2D eigenvalue weighted by atomic mass is 10.3. The molecular weight excluding hydrogens is 168 g/mol. The van der Waals surface area contributed by atoms with E-state index in [1.54, 1.807) is 6.92 Å². The van der Waals surface area contributed by atoms with E-state index >= 15 is 0 Å². The van der Waals surface area contributed by atoms with Crippen LogP contribution in [0.25, 0.3) is 0 Å². The van der Waals surface area contributed by atoms with Gasteiger partial charge in [-0.25, -0.2) is 0 Å². The Kier molecular flexibility index (Phi) is 6.54. The molecule has 0 aromatic heterocycles. The molecule has 2 unspecified atom stereocenters. The van der Waals surface area contributed by atoms with Crippen molar-refractivity contribution in [3.8, 4) is 0 Å². The summed E-state index contributed by atoms with van der Waals surface area (Å²) in [5, 5.41) is 5.70. The molecule has 0 aromatic carbocycles. The summed E-state index contributed by atoms with van der Waals surface area (Å²) in [7, 11) is 1.86. The van der Waals surface area contributed by atoms with E-state index in [1.807, 2.05) is 20.9 Å². The number of amides is 1. The maximum absolute atomic E-state index is 11.2. The Labute approximate surface area is 80.0 Å². The Morgan fingerprint density at radius 3 is 2.54 bits per heavy atom. The van der Waals surface area contributed by atoms with E-state index in [9.17, 15) is 4.79 Å². The van der Waals surface area contributed by atoms with Gasteiger partial charge in [0.2, 0.25) is 5.91 Å². The second-order valence-corrected chi connectivity index (χ2v) is 3.04. The van der Waals surface area contributed by atoms with Gasteiger partial charge < -0.3 is 15.4 Å². The monoisotopic (exact) mass is 188 g/mol. The Morgan fingerprint density at radius 2 is 2.08 bits per heavy atom. The molecule has 0 bridgehead atoms. The number of hydrogen-bond acceptors (Lipinski definition) is 3. The SMILES string of the molecule is CCNC(=O)C(C)OC(C)CNC. The lowest BCUT2D eigenvalue weighted by molar-refractivity contribution is -0.134. The summed E-state index contributed by atoms with van der Waals surface area (Å²) in [5.74, 6) is -0.0505. The Hall–Kier alpha value is -0.610. The van der Waals surface area contributed by atoms with Crippen LogP contribution in [0.15, 0.2) is 0 Å². The highest BCUT2D eigenvalue weighted by molar-refractivity contribution is 5.80. The molecule has 4 nitrogen and oxygen atoms in total. The first kappa shape index (κ1) is 12.4. The number of rotatable bonds is 6. The zero-order chi connectivity index (χ0) is 10.3. The fourth-order valence-electron chi connectivity index (χ4n) is 1.06. The zero-order valence-corrected chi connectivity index (χ0v) is 8.89. The molecule has 0 heterocycles. The Bertz CT molecular complexity index is 151. The fraction of sp³-hybridized carbons (Fsp3) is 0.889. The van der Waals surface area contributed by atoms with Crippen molar-refractivity contribution in [2.45, 2.75) is 33.0 Å². The first-order valence-electron chi connectivity index (χ1n) is 4.69. The summed E-state index contributed by atoms with van der Waals surface area (Å²) < 4.78 is 5.43. The summed E-state index contributed by atoms with van der Waals surface area (Å²) in [6.45, 7) is 6.99. The van der Waals surface area contributed by atoms with Gasteiger partial charge in [0.15, 0.2) is 0 Å². The molecule has 0 aromatic rings. The van der Waals surface area contributed by atoms with E-state index in [1.165, 1.54) is 0 Å². The molecule has 0 aliphatic rings. The molecule has 0 aliphatic carbocycles. The average Bonchev–Trinajstić information content (AvgIpc) is 2.05. The minimum atomic E-state index is -0.372. The minimum Gasteiger partial charge on any atom is -0.364 e. The third-order valence-electron chi connectivity index (χ3n) is 1.65. The highest BCUT2D eigenvalue weighted by Gasteiger charge is 2.14. The molecule has 1 amide bonds. The van der Waals surface area contributed by atoms with E-state index in [-0.39, 0.29) is 18.1 Å². The number of hydrogen-bond donors (Lipinski definition) is 2. The van der Waals surface area contributed by atoms with Gasteiger partial charge in [-0.3, -0.25) is 4.79 Å². The van der Waals surface area contributed by atoms with Crippen molar-refractivity contribution in [3.05, 3.63) is 0 Å². The number of likely N-dealkylation sites (N-methyl/N-ethyl adjacent to an activating group) is 2. The van der Waals surface area contributed by atoms with Gasteiger partial charge in [0.25, 0.3) is 0 Å². The highest BCUT2D eigenvalue weighted by Crippen LogP contribution is 1.96. The summed E-state index contributed by atoms with van der Waals surface area (Å²) >= 11 is 0. The molecule has 0 fully saturated rings. The predicted molar refractivity (Wildman–Crippen MR) is 52.6 cm³/mol. The number of nitrogens with one attached hydrogen (secondary N) is 2. The lowest BCUT2D eigenvalue weighted by Gasteiger charge is -2.17. The van der Waals surface area contributed by atoms with Crippen molar-refractivity contribution < 1.29 is 9.53 Å². The van der Waals surface area contributed by atoms with Crippen molar-refractivity contribution in [3.63, 3.8) is 0 Å². The molecule has 4 heteroatoms. The zero-order valence-electron chi connectivity index (χ0n) is 8.89. The molecule has 0 radical (unpaired) electrons. The molecule has 0 rings (SSSR count). The molecule has 0 saturated heterocycles. The highest BCUT2D eigenvalue weighted by atomic mass is 16.5. The van der Waals surface area contributed by atoms with Crippen LogP contribution in [-0.4, -0.2) is 38.3 Å². The first-order chi connectivity index (χ1) is 6.11. The van der Waals surface area contributed by atoms with Crippen molar-refractivity contribution in [2.24, 2.45) is 0 Å². The van der Waals surface area contributed by atoms with Gasteiger partial charge in [-0.15, -0.1) is 0 Å². The van der Waals surface area contributed by atoms with E-state index in [4.69, 9.17) is 4.74 Å². The number of carbonyl (C=O) groups excluding carboxylic acids is 1. The van der Waals surface area contributed by atoms with E-state index in [2.05, 4.69) is 10.6 Å². The quantitative estimate of drug-likeness (QED) is 0.623. The van der Waals surface area contributed by atoms with Crippen LogP contribution in [0.2, 0.25) is 0 Å². The summed E-state index contributed by atoms with van der Waals surface area (Å²) in [5.41, 5.74) is 0. The van der Waals surface area contributed by atoms with E-state index in [0.29, 0.717) is 6.54 Å². The van der Waals surface area contributed by atoms with Gasteiger partial charge in [0.05, 0.1) is 6.10 Å². The lowest BCUT2D eigenvalue weighted by Crippen LogP contribution is -2.38. The van der Waals surface area contributed by atoms with Crippen LogP contribution in [0.4, 0.5) is 0 Å². The maximum Gasteiger partial charge on any atom is 0.248 e. The van der Waals surface area contributed by atoms with E-state index in [0.717, 1.165) is 6.54 Å². The van der Waals surface area contributed by atoms with Crippen LogP contribution < -0.4 is 10.6 Å². The largest absolute Gasteiger partial charge is 0.364 e. The molecule has 2 atom stereocenters. The Balaban J connectivity index is 3.71. The molecule has 0 saturated carbocycles. The first-order valence-corrected chi connectivity index (χ1v) is 4.69. The van der Waals surface area contributed by atoms with Crippen LogP contribution in [0.5, 0.6) is 0 Å². The van der Waals surface area contributed by atoms with Crippen LogP contribution in [0.1, 0.15) is 20.8 Å². The van der Waals surface area contributed by atoms with Gasteiger partial charge in [-0.1, -0.05) is 0 Å². The number of carbonyl (C=O) groups is 1. The van der Waals surface area contributed by atoms with Gasteiger partial charge >= 0.3 is 0 Å². The summed E-state index contributed by atoms with van der Waals surface area (Å²) in [4.78, 5) is 11.2.